The minimum Gasteiger partial charge on any atom is -0.384 e. The summed E-state index contributed by atoms with van der Waals surface area (Å²) in [6.45, 7) is 9.67. The Morgan fingerprint density at radius 2 is 1.85 bits per heavy atom. The number of aromatic nitrogens is 5. The average molecular weight is 536 g/mol. The molecule has 40 heavy (non-hydrogen) atoms. The van der Waals surface area contributed by atoms with Crippen molar-refractivity contribution < 1.29 is 4.79 Å². The molecule has 0 unspecified atom stereocenters. The second-order valence-electron chi connectivity index (χ2n) is 10.6. The Bertz CT molecular complexity index is 1530. The fourth-order valence-electron chi connectivity index (χ4n) is 4.73. The van der Waals surface area contributed by atoms with Crippen LogP contribution in [0, 0.1) is 18.3 Å². The van der Waals surface area contributed by atoms with Gasteiger partial charge in [-0.15, -0.1) is 5.10 Å². The van der Waals surface area contributed by atoms with Gasteiger partial charge in [0.15, 0.2) is 0 Å². The maximum Gasteiger partial charge on any atom is 0.255 e. The van der Waals surface area contributed by atoms with Crippen LogP contribution in [0.4, 0.5) is 11.4 Å². The van der Waals surface area contributed by atoms with Gasteiger partial charge in [-0.05, 0) is 88.2 Å². The standard InChI is InChI=1S/C30H33N9O/c1-21-6-7-25(15-28(21)39-18-27(36-37-39)23-16-32-20-33-17-23)35-29(40)22-12-24(30(2,3)19-31)14-26(13-22)34-8-11-38-9-4-5-10-38/h6-7,12-18,20,34H,4-5,8-11H2,1-3H3,(H,35,40). The molecule has 4 aromatic rings. The van der Waals surface area contributed by atoms with Gasteiger partial charge in [0.25, 0.3) is 5.91 Å². The van der Waals surface area contributed by atoms with Crippen molar-refractivity contribution in [1.29, 1.82) is 5.26 Å². The number of hydrogen-bond acceptors (Lipinski definition) is 8. The van der Waals surface area contributed by atoms with Gasteiger partial charge in [-0.3, -0.25) is 4.79 Å². The predicted octanol–water partition coefficient (Wildman–Crippen LogP) is 4.59. The van der Waals surface area contributed by atoms with Crippen LogP contribution in [0.3, 0.4) is 0 Å². The monoisotopic (exact) mass is 535 g/mol. The topological polar surface area (TPSA) is 125 Å². The molecule has 3 heterocycles. The molecule has 2 N–H and O–H groups in total. The minimum atomic E-state index is -0.743. The van der Waals surface area contributed by atoms with Crippen molar-refractivity contribution in [2.75, 3.05) is 36.8 Å². The number of carbonyl (C=O) groups excluding carboxylic acids is 1. The van der Waals surface area contributed by atoms with E-state index < -0.39 is 5.41 Å². The Kier molecular flexibility index (Phi) is 7.84. The second kappa shape index (κ2) is 11.6. The first-order valence-electron chi connectivity index (χ1n) is 13.5. The third-order valence-electron chi connectivity index (χ3n) is 7.22. The summed E-state index contributed by atoms with van der Waals surface area (Å²) in [6, 6.07) is 13.6. The minimum absolute atomic E-state index is 0.256. The molecule has 1 aliphatic heterocycles. The Balaban J connectivity index is 1.36. The van der Waals surface area contributed by atoms with Crippen LogP contribution in [-0.4, -0.2) is 61.9 Å². The largest absolute Gasteiger partial charge is 0.384 e. The van der Waals surface area contributed by atoms with E-state index in [-0.39, 0.29) is 5.91 Å². The Labute approximate surface area is 234 Å². The summed E-state index contributed by atoms with van der Waals surface area (Å²) in [7, 11) is 0. The third-order valence-corrected chi connectivity index (χ3v) is 7.22. The number of benzene rings is 2. The number of aryl methyl sites for hydroxylation is 1. The van der Waals surface area contributed by atoms with Crippen molar-refractivity contribution in [2.24, 2.45) is 0 Å². The highest BCUT2D eigenvalue weighted by molar-refractivity contribution is 6.05. The van der Waals surface area contributed by atoms with Gasteiger partial charge >= 0.3 is 0 Å². The smallest absolute Gasteiger partial charge is 0.255 e. The molecule has 10 nitrogen and oxygen atoms in total. The summed E-state index contributed by atoms with van der Waals surface area (Å²) >= 11 is 0. The summed E-state index contributed by atoms with van der Waals surface area (Å²) in [5.41, 5.74) is 5.16. The maximum absolute atomic E-state index is 13.5. The number of nitriles is 1. The second-order valence-corrected chi connectivity index (χ2v) is 10.6. The molecule has 0 atom stereocenters. The van der Waals surface area contributed by atoms with Crippen LogP contribution in [0.2, 0.25) is 0 Å². The van der Waals surface area contributed by atoms with Crippen LogP contribution >= 0.6 is 0 Å². The van der Waals surface area contributed by atoms with Gasteiger partial charge in [0.2, 0.25) is 0 Å². The number of rotatable bonds is 9. The summed E-state index contributed by atoms with van der Waals surface area (Å²) in [6.07, 6.45) is 9.13. The highest BCUT2D eigenvalue weighted by Crippen LogP contribution is 2.28. The van der Waals surface area contributed by atoms with Crippen LogP contribution in [0.5, 0.6) is 0 Å². The Morgan fingerprint density at radius 3 is 2.60 bits per heavy atom. The maximum atomic E-state index is 13.5. The first-order chi connectivity index (χ1) is 19.3. The highest BCUT2D eigenvalue weighted by Gasteiger charge is 2.23. The van der Waals surface area contributed by atoms with Gasteiger partial charge in [0.1, 0.15) is 12.0 Å². The number of likely N-dealkylation sites (tertiary alicyclic amines) is 1. The molecule has 0 bridgehead atoms. The van der Waals surface area contributed by atoms with E-state index in [1.54, 1.807) is 29.3 Å². The fraction of sp³-hybridized carbons (Fsp3) is 0.333. The van der Waals surface area contributed by atoms with Gasteiger partial charge < -0.3 is 15.5 Å². The lowest BCUT2D eigenvalue weighted by Crippen LogP contribution is -2.26. The van der Waals surface area contributed by atoms with Crippen LogP contribution in [-0.2, 0) is 5.41 Å². The van der Waals surface area contributed by atoms with Crippen LogP contribution in [0.15, 0.2) is 61.3 Å². The van der Waals surface area contributed by atoms with Crippen molar-refractivity contribution in [3.05, 3.63) is 78.0 Å². The molecular weight excluding hydrogens is 502 g/mol. The molecule has 0 saturated carbocycles. The number of anilines is 2. The van der Waals surface area contributed by atoms with E-state index >= 15 is 0 Å². The lowest BCUT2D eigenvalue weighted by molar-refractivity contribution is 0.102. The van der Waals surface area contributed by atoms with Gasteiger partial charge in [0, 0.05) is 48.0 Å². The normalized spacial score (nSPS) is 13.7. The van der Waals surface area contributed by atoms with Crippen LogP contribution in [0.25, 0.3) is 16.9 Å². The lowest BCUT2D eigenvalue weighted by atomic mass is 9.85. The average Bonchev–Trinajstić information content (AvgIpc) is 3.67. The lowest BCUT2D eigenvalue weighted by Gasteiger charge is -2.20. The van der Waals surface area contributed by atoms with Crippen molar-refractivity contribution >= 4 is 17.3 Å². The van der Waals surface area contributed by atoms with Gasteiger partial charge in [-0.2, -0.15) is 5.26 Å². The summed E-state index contributed by atoms with van der Waals surface area (Å²) < 4.78 is 1.67. The van der Waals surface area contributed by atoms with E-state index in [9.17, 15) is 10.1 Å². The highest BCUT2D eigenvalue weighted by atomic mass is 16.1. The predicted molar refractivity (Wildman–Crippen MR) is 154 cm³/mol. The molecule has 1 amide bonds. The number of nitrogens with zero attached hydrogens (tertiary/aromatic N) is 7. The zero-order valence-corrected chi connectivity index (χ0v) is 23.1. The molecular formula is C30H33N9O. The Morgan fingerprint density at radius 1 is 1.07 bits per heavy atom. The molecule has 1 fully saturated rings. The number of carbonyl (C=O) groups is 1. The van der Waals surface area contributed by atoms with E-state index in [0.717, 1.165) is 54.2 Å². The van der Waals surface area contributed by atoms with E-state index in [4.69, 9.17) is 0 Å². The summed E-state index contributed by atoms with van der Waals surface area (Å²) in [5.74, 6) is -0.256. The van der Waals surface area contributed by atoms with Crippen LogP contribution in [0.1, 0.15) is 48.2 Å². The molecule has 2 aromatic carbocycles. The molecule has 0 aliphatic carbocycles. The number of amides is 1. The van der Waals surface area contributed by atoms with Crippen molar-refractivity contribution in [1.82, 2.24) is 29.9 Å². The Hall–Kier alpha value is -4.62. The van der Waals surface area contributed by atoms with Crippen molar-refractivity contribution in [2.45, 2.75) is 39.0 Å². The van der Waals surface area contributed by atoms with Gasteiger partial charge in [-0.1, -0.05) is 11.3 Å². The van der Waals surface area contributed by atoms with E-state index in [2.05, 4.69) is 41.9 Å². The molecule has 5 rings (SSSR count). The van der Waals surface area contributed by atoms with E-state index in [1.165, 1.54) is 19.2 Å². The van der Waals surface area contributed by atoms with Gasteiger partial charge in [-0.25, -0.2) is 14.6 Å². The van der Waals surface area contributed by atoms with Crippen molar-refractivity contribution in [3.63, 3.8) is 0 Å². The summed E-state index contributed by atoms with van der Waals surface area (Å²) in [5, 5.41) is 24.8. The number of nitrogens with one attached hydrogen (secondary N) is 2. The quantitative estimate of drug-likeness (QED) is 0.319. The number of hydrogen-bond donors (Lipinski definition) is 2. The molecule has 1 saturated heterocycles. The molecule has 204 valence electrons. The first kappa shape index (κ1) is 27.0. The fourth-order valence-corrected chi connectivity index (χ4v) is 4.73. The SMILES string of the molecule is Cc1ccc(NC(=O)c2cc(NCCN3CCCC3)cc(C(C)(C)C#N)c2)cc1-n1cc(-c2cncnc2)nn1. The molecule has 0 spiro atoms. The third kappa shape index (κ3) is 6.16. The molecule has 2 aromatic heterocycles. The molecule has 10 heteroatoms. The van der Waals surface area contributed by atoms with E-state index in [0.29, 0.717) is 16.9 Å². The first-order valence-corrected chi connectivity index (χ1v) is 13.5. The van der Waals surface area contributed by atoms with Crippen LogP contribution < -0.4 is 10.6 Å². The van der Waals surface area contributed by atoms with Gasteiger partial charge in [0.05, 0.1) is 23.4 Å². The zero-order valence-electron chi connectivity index (χ0n) is 23.1. The van der Waals surface area contributed by atoms with Crippen molar-refractivity contribution in [3.8, 4) is 23.0 Å². The van der Waals surface area contributed by atoms with E-state index in [1.807, 2.05) is 51.1 Å². The summed E-state index contributed by atoms with van der Waals surface area (Å²) in [4.78, 5) is 24.0. The zero-order chi connectivity index (χ0) is 28.1. The molecule has 0 radical (unpaired) electrons. The molecule has 1 aliphatic rings.